The number of H-pyrrole nitrogens is 1. The third-order valence-electron chi connectivity index (χ3n) is 8.21. The van der Waals surface area contributed by atoms with Gasteiger partial charge in [0.05, 0.1) is 5.92 Å². The Balaban J connectivity index is 1.23. The number of ether oxygens (including phenoxy) is 1. The van der Waals surface area contributed by atoms with Crippen molar-refractivity contribution in [3.63, 3.8) is 0 Å². The molecule has 2 atom stereocenters. The van der Waals surface area contributed by atoms with Crippen LogP contribution in [0, 0.1) is 5.92 Å². The molecule has 2 amide bonds. The summed E-state index contributed by atoms with van der Waals surface area (Å²) in [5, 5.41) is 1.48. The Bertz CT molecular complexity index is 1430. The van der Waals surface area contributed by atoms with Crippen LogP contribution in [0.15, 0.2) is 53.3 Å². The van der Waals surface area contributed by atoms with E-state index in [2.05, 4.69) is 9.88 Å². The van der Waals surface area contributed by atoms with Crippen LogP contribution in [0.4, 0.5) is 5.69 Å². The minimum atomic E-state index is -0.326. The van der Waals surface area contributed by atoms with E-state index in [9.17, 15) is 14.4 Å². The van der Waals surface area contributed by atoms with Crippen molar-refractivity contribution < 1.29 is 14.3 Å². The second kappa shape index (κ2) is 11.0. The second-order valence-electron chi connectivity index (χ2n) is 10.7. The number of carbonyl (C=O) groups excluding carboxylic acids is 2. The highest BCUT2D eigenvalue weighted by Gasteiger charge is 2.35. The van der Waals surface area contributed by atoms with Gasteiger partial charge in [-0.15, -0.1) is 0 Å². The van der Waals surface area contributed by atoms with Gasteiger partial charge < -0.3 is 24.4 Å². The summed E-state index contributed by atoms with van der Waals surface area (Å²) in [5.41, 5.74) is 2.92. The Morgan fingerprint density at radius 3 is 2.36 bits per heavy atom. The van der Waals surface area contributed by atoms with Gasteiger partial charge in [0, 0.05) is 67.4 Å². The number of nitrogens with zero attached hydrogens (tertiary/aromatic N) is 3. The smallest absolute Gasteiger partial charge is 0.272 e. The van der Waals surface area contributed by atoms with E-state index in [-0.39, 0.29) is 29.4 Å². The molecular weight excluding hydrogens is 516 g/mol. The molecule has 1 aromatic heterocycles. The predicted octanol–water partition coefficient (Wildman–Crippen LogP) is 3.91. The summed E-state index contributed by atoms with van der Waals surface area (Å²) in [5.74, 6) is -0.0600. The zero-order valence-electron chi connectivity index (χ0n) is 21.9. The van der Waals surface area contributed by atoms with Gasteiger partial charge in [0.15, 0.2) is 0 Å². The topological polar surface area (TPSA) is 86.0 Å². The summed E-state index contributed by atoms with van der Waals surface area (Å²) in [6, 6.07) is 15.4. The maximum Gasteiger partial charge on any atom is 0.272 e. The van der Waals surface area contributed by atoms with Crippen LogP contribution in [-0.4, -0.2) is 78.6 Å². The number of piperazine rings is 1. The minimum Gasteiger partial charge on any atom is -0.368 e. The van der Waals surface area contributed by atoms with Crippen LogP contribution in [0.25, 0.3) is 22.0 Å². The van der Waals surface area contributed by atoms with Crippen molar-refractivity contribution >= 4 is 40.0 Å². The first-order chi connectivity index (χ1) is 19.0. The number of benzene rings is 2. The summed E-state index contributed by atoms with van der Waals surface area (Å²) in [7, 11) is 0. The molecule has 9 heteroatoms. The molecule has 0 spiro atoms. The first kappa shape index (κ1) is 25.9. The van der Waals surface area contributed by atoms with Crippen LogP contribution < -0.4 is 10.5 Å². The van der Waals surface area contributed by atoms with E-state index in [1.54, 1.807) is 6.07 Å². The Kier molecular flexibility index (Phi) is 7.32. The largest absolute Gasteiger partial charge is 0.368 e. The van der Waals surface area contributed by atoms with E-state index in [0.29, 0.717) is 56.6 Å². The Morgan fingerprint density at radius 2 is 1.64 bits per heavy atom. The van der Waals surface area contributed by atoms with E-state index < -0.39 is 0 Å². The van der Waals surface area contributed by atoms with Crippen molar-refractivity contribution in [3.05, 3.63) is 63.9 Å². The Hall–Kier alpha value is -3.36. The molecule has 39 heavy (non-hydrogen) atoms. The number of nitrogens with one attached hydrogen (secondary N) is 1. The molecule has 204 valence electrons. The number of anilines is 1. The van der Waals surface area contributed by atoms with Gasteiger partial charge in [0.2, 0.25) is 5.91 Å². The van der Waals surface area contributed by atoms with E-state index in [4.69, 9.17) is 16.3 Å². The fourth-order valence-corrected chi connectivity index (χ4v) is 6.39. The highest BCUT2D eigenvalue weighted by Crippen LogP contribution is 2.37. The van der Waals surface area contributed by atoms with Gasteiger partial charge in [-0.05, 0) is 49.4 Å². The molecule has 6 rings (SSSR count). The molecule has 3 aliphatic rings. The first-order valence-corrected chi connectivity index (χ1v) is 14.2. The zero-order valence-corrected chi connectivity index (χ0v) is 22.7. The van der Waals surface area contributed by atoms with Crippen molar-refractivity contribution in [2.45, 2.75) is 31.8 Å². The maximum absolute atomic E-state index is 13.6. The summed E-state index contributed by atoms with van der Waals surface area (Å²) >= 11 is 6.39. The molecule has 3 aliphatic heterocycles. The summed E-state index contributed by atoms with van der Waals surface area (Å²) in [6.45, 7) is 3.93. The average molecular weight is 549 g/mol. The Morgan fingerprint density at radius 1 is 0.897 bits per heavy atom. The number of fused-ring (bicyclic) bond motifs is 1. The minimum absolute atomic E-state index is 0.0486. The van der Waals surface area contributed by atoms with E-state index in [1.165, 1.54) is 0 Å². The molecule has 2 aromatic carbocycles. The molecule has 0 saturated carbocycles. The third kappa shape index (κ3) is 5.15. The molecule has 3 aromatic rings. The average Bonchev–Trinajstić information content (AvgIpc) is 3.52. The maximum atomic E-state index is 13.6. The van der Waals surface area contributed by atoms with Gasteiger partial charge in [-0.3, -0.25) is 14.4 Å². The molecule has 0 radical (unpaired) electrons. The van der Waals surface area contributed by atoms with E-state index in [0.717, 1.165) is 47.7 Å². The molecule has 3 fully saturated rings. The molecular formula is C30H33ClN4O4. The number of amides is 2. The molecule has 0 unspecified atom stereocenters. The molecule has 1 N–H and O–H groups in total. The lowest BCUT2D eigenvalue weighted by atomic mass is 9.93. The number of aromatic amines is 1. The second-order valence-corrected chi connectivity index (χ2v) is 11.1. The van der Waals surface area contributed by atoms with Crippen molar-refractivity contribution in [1.82, 2.24) is 14.8 Å². The fourth-order valence-electron chi connectivity index (χ4n) is 6.22. The van der Waals surface area contributed by atoms with Gasteiger partial charge in [-0.25, -0.2) is 0 Å². The number of hydrogen-bond donors (Lipinski definition) is 1. The monoisotopic (exact) mass is 548 g/mol. The van der Waals surface area contributed by atoms with Gasteiger partial charge in [-0.1, -0.05) is 41.9 Å². The number of aromatic nitrogens is 1. The standard InChI is InChI=1S/C30H33ClN4O4/c31-22-10-11-24-23(18-22)26(20-6-2-1-3-7-20)27(28(36)32-24)35-12-4-8-21(19-35)29(37)33-13-15-34(16-14-33)30(38)25-9-5-17-39-25/h1-3,6-7,10-11,18,21,25H,4-5,8-9,12-17,19H2,(H,32,36)/t21-,25-/m1/s1. The van der Waals surface area contributed by atoms with Crippen LogP contribution in [0.5, 0.6) is 0 Å². The predicted molar refractivity (Wildman–Crippen MR) is 152 cm³/mol. The SMILES string of the molecule is O=C([C@@H]1CCCN(c2c(-c3ccccc3)c3cc(Cl)ccc3[nH]c2=O)C1)N1CCN(C(=O)[C@H]2CCCO2)CC1. The lowest BCUT2D eigenvalue weighted by Crippen LogP contribution is -2.55. The molecule has 0 aliphatic carbocycles. The summed E-state index contributed by atoms with van der Waals surface area (Å²) in [4.78, 5) is 48.7. The van der Waals surface area contributed by atoms with Crippen LogP contribution >= 0.6 is 11.6 Å². The first-order valence-electron chi connectivity index (χ1n) is 13.8. The molecule has 0 bridgehead atoms. The van der Waals surface area contributed by atoms with Crippen LogP contribution in [-0.2, 0) is 14.3 Å². The van der Waals surface area contributed by atoms with Gasteiger partial charge in [-0.2, -0.15) is 0 Å². The number of rotatable bonds is 4. The molecule has 3 saturated heterocycles. The number of piperidine rings is 1. The van der Waals surface area contributed by atoms with E-state index in [1.807, 2.05) is 52.3 Å². The third-order valence-corrected chi connectivity index (χ3v) is 8.44. The van der Waals surface area contributed by atoms with Gasteiger partial charge in [0.1, 0.15) is 11.8 Å². The van der Waals surface area contributed by atoms with Crippen molar-refractivity contribution in [1.29, 1.82) is 0 Å². The van der Waals surface area contributed by atoms with Crippen LogP contribution in [0.2, 0.25) is 5.02 Å². The number of pyridine rings is 1. The summed E-state index contributed by atoms with van der Waals surface area (Å²) in [6.07, 6.45) is 2.97. The zero-order chi connectivity index (χ0) is 26.9. The summed E-state index contributed by atoms with van der Waals surface area (Å²) < 4.78 is 5.56. The fraction of sp³-hybridized carbons (Fsp3) is 0.433. The normalized spacial score (nSPS) is 21.9. The van der Waals surface area contributed by atoms with E-state index >= 15 is 0 Å². The van der Waals surface area contributed by atoms with Crippen molar-refractivity contribution in [2.24, 2.45) is 5.92 Å². The number of carbonyl (C=O) groups is 2. The van der Waals surface area contributed by atoms with Gasteiger partial charge >= 0.3 is 0 Å². The number of hydrogen-bond acceptors (Lipinski definition) is 5. The lowest BCUT2D eigenvalue weighted by Gasteiger charge is -2.40. The van der Waals surface area contributed by atoms with Crippen LogP contribution in [0.1, 0.15) is 25.7 Å². The van der Waals surface area contributed by atoms with Crippen LogP contribution in [0.3, 0.4) is 0 Å². The highest BCUT2D eigenvalue weighted by molar-refractivity contribution is 6.31. The van der Waals surface area contributed by atoms with Crippen molar-refractivity contribution in [3.8, 4) is 11.1 Å². The molecule has 4 heterocycles. The quantitative estimate of drug-likeness (QED) is 0.534. The molecule has 8 nitrogen and oxygen atoms in total. The highest BCUT2D eigenvalue weighted by atomic mass is 35.5. The number of halogens is 1. The lowest BCUT2D eigenvalue weighted by molar-refractivity contribution is -0.147. The Labute approximate surface area is 232 Å². The van der Waals surface area contributed by atoms with Crippen molar-refractivity contribution in [2.75, 3.05) is 50.8 Å². The van der Waals surface area contributed by atoms with Gasteiger partial charge in [0.25, 0.3) is 11.5 Å².